The Morgan fingerprint density at radius 1 is 1.13 bits per heavy atom. The van der Waals surface area contributed by atoms with Crippen molar-refractivity contribution >= 4 is 23.2 Å². The van der Waals surface area contributed by atoms with Gasteiger partial charge in [-0.2, -0.15) is 0 Å². The molecule has 6 heteroatoms. The number of benzene rings is 1. The van der Waals surface area contributed by atoms with E-state index in [1.807, 2.05) is 18.5 Å². The lowest BCUT2D eigenvalue weighted by molar-refractivity contribution is 0.0586. The van der Waals surface area contributed by atoms with Crippen LogP contribution >= 0.6 is 23.2 Å². The molecule has 1 aromatic carbocycles. The van der Waals surface area contributed by atoms with Gasteiger partial charge in [0, 0.05) is 30.6 Å². The normalized spacial score (nSPS) is 21.4. The van der Waals surface area contributed by atoms with Gasteiger partial charge in [0.25, 0.3) is 0 Å². The zero-order valence-electron chi connectivity index (χ0n) is 13.3. The second-order valence-electron chi connectivity index (χ2n) is 5.79. The molecule has 0 saturated heterocycles. The van der Waals surface area contributed by atoms with Crippen LogP contribution < -0.4 is 4.74 Å². The fourth-order valence-corrected chi connectivity index (χ4v) is 3.88. The van der Waals surface area contributed by atoms with Gasteiger partial charge in [0.1, 0.15) is 11.6 Å². The summed E-state index contributed by atoms with van der Waals surface area (Å²) >= 11 is 12.4. The molecule has 4 nitrogen and oxygen atoms in total. The second kappa shape index (κ2) is 7.12. The monoisotopic (exact) mass is 354 g/mol. The van der Waals surface area contributed by atoms with E-state index in [0.717, 1.165) is 37.1 Å². The second-order valence-corrected chi connectivity index (χ2v) is 6.64. The molecule has 1 aromatic heterocycles. The maximum atomic E-state index is 6.26. The van der Waals surface area contributed by atoms with E-state index in [9.17, 15) is 0 Å². The third-order valence-electron chi connectivity index (χ3n) is 4.49. The summed E-state index contributed by atoms with van der Waals surface area (Å²) in [7, 11) is 3.39. The average molecular weight is 355 g/mol. The van der Waals surface area contributed by atoms with Gasteiger partial charge in [-0.25, -0.2) is 4.98 Å². The first-order valence-electron chi connectivity index (χ1n) is 7.73. The molecule has 1 saturated carbocycles. The van der Waals surface area contributed by atoms with Gasteiger partial charge in [0.15, 0.2) is 0 Å². The Labute approximate surface area is 146 Å². The van der Waals surface area contributed by atoms with Crippen molar-refractivity contribution in [1.29, 1.82) is 0 Å². The predicted octanol–water partition coefficient (Wildman–Crippen LogP) is 5.00. The van der Waals surface area contributed by atoms with Crippen molar-refractivity contribution in [1.82, 2.24) is 9.55 Å². The van der Waals surface area contributed by atoms with Gasteiger partial charge in [-0.1, -0.05) is 23.2 Å². The highest BCUT2D eigenvalue weighted by Gasteiger charge is 2.25. The highest BCUT2D eigenvalue weighted by molar-refractivity contribution is 6.36. The molecule has 1 aliphatic carbocycles. The number of aromatic nitrogens is 2. The van der Waals surface area contributed by atoms with Crippen LogP contribution in [0, 0.1) is 0 Å². The Bertz CT molecular complexity index is 679. The van der Waals surface area contributed by atoms with Gasteiger partial charge in [0.05, 0.1) is 23.8 Å². The van der Waals surface area contributed by atoms with Gasteiger partial charge < -0.3 is 14.0 Å². The fraction of sp³-hybridized carbons (Fsp3) is 0.471. The van der Waals surface area contributed by atoms with Gasteiger partial charge in [-0.15, -0.1) is 0 Å². The van der Waals surface area contributed by atoms with Crippen molar-refractivity contribution in [3.8, 4) is 17.1 Å². The Morgan fingerprint density at radius 2 is 1.87 bits per heavy atom. The summed E-state index contributed by atoms with van der Waals surface area (Å²) in [5.74, 6) is 1.45. The van der Waals surface area contributed by atoms with Gasteiger partial charge in [-0.05, 0) is 37.8 Å². The maximum Gasteiger partial charge on any atom is 0.148 e. The van der Waals surface area contributed by atoms with E-state index < -0.39 is 0 Å². The number of halogens is 2. The summed E-state index contributed by atoms with van der Waals surface area (Å²) in [6.45, 7) is 0. The number of rotatable bonds is 4. The first-order chi connectivity index (χ1) is 11.1. The van der Waals surface area contributed by atoms with Crippen LogP contribution in [0.2, 0.25) is 10.0 Å². The molecule has 0 N–H and O–H groups in total. The summed E-state index contributed by atoms with van der Waals surface area (Å²) < 4.78 is 13.1. The molecule has 0 aliphatic heterocycles. The van der Waals surface area contributed by atoms with Gasteiger partial charge in [-0.3, -0.25) is 0 Å². The average Bonchev–Trinajstić information content (AvgIpc) is 3.03. The third kappa shape index (κ3) is 3.35. The van der Waals surface area contributed by atoms with Crippen LogP contribution in [0.25, 0.3) is 11.4 Å². The van der Waals surface area contributed by atoms with Crippen molar-refractivity contribution in [2.75, 3.05) is 14.2 Å². The molecular formula is C17H20Cl2N2O2. The van der Waals surface area contributed by atoms with Crippen LogP contribution in [0.1, 0.15) is 31.7 Å². The predicted molar refractivity (Wildman–Crippen MR) is 92.5 cm³/mol. The molecule has 0 bridgehead atoms. The number of imidazole rings is 1. The number of methoxy groups -OCH3 is 2. The molecule has 0 atom stereocenters. The summed E-state index contributed by atoms with van der Waals surface area (Å²) in [5, 5.41) is 1.07. The first-order valence-corrected chi connectivity index (χ1v) is 8.48. The Hall–Kier alpha value is -1.23. The van der Waals surface area contributed by atoms with Crippen LogP contribution in [0.4, 0.5) is 0 Å². The molecule has 0 spiro atoms. The fourth-order valence-electron chi connectivity index (χ4n) is 3.31. The zero-order chi connectivity index (χ0) is 16.4. The minimum Gasteiger partial charge on any atom is -0.494 e. The molecule has 1 aliphatic rings. The minimum absolute atomic E-state index is 0.369. The zero-order valence-corrected chi connectivity index (χ0v) is 14.8. The number of hydrogen-bond donors (Lipinski definition) is 0. The van der Waals surface area contributed by atoms with Crippen LogP contribution in [0.3, 0.4) is 0 Å². The molecule has 0 amide bonds. The largest absolute Gasteiger partial charge is 0.494 e. The molecule has 1 heterocycles. The van der Waals surface area contributed by atoms with Crippen molar-refractivity contribution < 1.29 is 9.47 Å². The summed E-state index contributed by atoms with van der Waals surface area (Å²) in [6, 6.07) is 3.94. The van der Waals surface area contributed by atoms with Crippen molar-refractivity contribution in [3.05, 3.63) is 34.6 Å². The standard InChI is InChI=1S/C17H20Cl2N2O2/c1-22-13-5-3-12(4-6-13)21-8-7-20-17(21)14-9-11(18)10-15(19)16(14)23-2/h7-10,12-13H,3-6H2,1-2H3. The topological polar surface area (TPSA) is 36.3 Å². The molecule has 23 heavy (non-hydrogen) atoms. The van der Waals surface area contributed by atoms with E-state index >= 15 is 0 Å². The molecule has 2 aromatic rings. The molecule has 124 valence electrons. The Kier molecular flexibility index (Phi) is 5.14. The molecule has 0 radical (unpaired) electrons. The summed E-state index contributed by atoms with van der Waals surface area (Å²) in [4.78, 5) is 4.53. The van der Waals surface area contributed by atoms with E-state index in [1.165, 1.54) is 0 Å². The quantitative estimate of drug-likeness (QED) is 0.775. The number of hydrogen-bond acceptors (Lipinski definition) is 3. The van der Waals surface area contributed by atoms with Crippen LogP contribution in [0.5, 0.6) is 5.75 Å². The number of nitrogens with zero attached hydrogens (tertiary/aromatic N) is 2. The summed E-state index contributed by atoms with van der Waals surface area (Å²) in [5.41, 5.74) is 0.823. The molecule has 0 unspecified atom stereocenters. The van der Waals surface area contributed by atoms with E-state index in [2.05, 4.69) is 9.55 Å². The van der Waals surface area contributed by atoms with Crippen LogP contribution in [0.15, 0.2) is 24.5 Å². The van der Waals surface area contributed by atoms with Crippen molar-refractivity contribution in [2.24, 2.45) is 0 Å². The van der Waals surface area contributed by atoms with Gasteiger partial charge >= 0.3 is 0 Å². The van der Waals surface area contributed by atoms with E-state index in [1.54, 1.807) is 20.3 Å². The minimum atomic E-state index is 0.369. The molecule has 1 fully saturated rings. The van der Waals surface area contributed by atoms with Gasteiger partial charge in [0.2, 0.25) is 0 Å². The first kappa shape index (κ1) is 16.6. The van der Waals surface area contributed by atoms with Crippen molar-refractivity contribution in [2.45, 2.75) is 37.8 Å². The lowest BCUT2D eigenvalue weighted by atomic mass is 9.92. The summed E-state index contributed by atoms with van der Waals surface area (Å²) in [6.07, 6.45) is 8.45. The highest BCUT2D eigenvalue weighted by atomic mass is 35.5. The SMILES string of the molecule is COc1c(Cl)cc(Cl)cc1-c1nccn1C1CCC(OC)CC1. The lowest BCUT2D eigenvalue weighted by Crippen LogP contribution is -2.22. The Morgan fingerprint density at radius 3 is 2.52 bits per heavy atom. The lowest BCUT2D eigenvalue weighted by Gasteiger charge is -2.29. The number of ether oxygens (including phenoxy) is 2. The molecular weight excluding hydrogens is 335 g/mol. The highest BCUT2D eigenvalue weighted by Crippen LogP contribution is 2.40. The maximum absolute atomic E-state index is 6.26. The third-order valence-corrected chi connectivity index (χ3v) is 4.99. The van der Waals surface area contributed by atoms with Crippen LogP contribution in [-0.4, -0.2) is 29.9 Å². The van der Waals surface area contributed by atoms with E-state index in [4.69, 9.17) is 32.7 Å². The van der Waals surface area contributed by atoms with E-state index in [-0.39, 0.29) is 0 Å². The van der Waals surface area contributed by atoms with Crippen LogP contribution in [-0.2, 0) is 4.74 Å². The Balaban J connectivity index is 1.96. The smallest absolute Gasteiger partial charge is 0.148 e. The molecule has 3 rings (SSSR count). The van der Waals surface area contributed by atoms with Crippen molar-refractivity contribution in [3.63, 3.8) is 0 Å². The van der Waals surface area contributed by atoms with E-state index in [0.29, 0.717) is 27.9 Å².